The molecule has 1 fully saturated rings. The van der Waals surface area contributed by atoms with Gasteiger partial charge in [0, 0.05) is 17.8 Å². The van der Waals surface area contributed by atoms with Crippen LogP contribution in [-0.4, -0.2) is 38.1 Å². The molecule has 0 unspecified atom stereocenters. The van der Waals surface area contributed by atoms with Crippen LogP contribution in [0.1, 0.15) is 35.9 Å². The molecule has 1 aromatic carbocycles. The third-order valence-electron chi connectivity index (χ3n) is 4.60. The van der Waals surface area contributed by atoms with Crippen LogP contribution in [0.25, 0.3) is 0 Å². The maximum Gasteiger partial charge on any atom is 0.322 e. The molecule has 26 heavy (non-hydrogen) atoms. The van der Waals surface area contributed by atoms with E-state index >= 15 is 0 Å². The van der Waals surface area contributed by atoms with E-state index < -0.39 is 10.0 Å². The monoisotopic (exact) mass is 378 g/mol. The summed E-state index contributed by atoms with van der Waals surface area (Å²) in [6, 6.07) is 5.80. The lowest BCUT2D eigenvalue weighted by Crippen LogP contribution is -2.34. The van der Waals surface area contributed by atoms with Crippen molar-refractivity contribution in [3.63, 3.8) is 0 Å². The van der Waals surface area contributed by atoms with E-state index in [2.05, 4.69) is 15.2 Å². The fourth-order valence-corrected chi connectivity index (χ4v) is 4.11. The minimum atomic E-state index is -3.57. The van der Waals surface area contributed by atoms with Crippen LogP contribution >= 0.6 is 0 Å². The molecule has 1 aliphatic rings. The molecular weight excluding hydrogens is 356 g/mol. The third kappa shape index (κ3) is 3.45. The molecule has 3 rings (SSSR count). The molecule has 0 aliphatic carbocycles. The van der Waals surface area contributed by atoms with Gasteiger partial charge < -0.3 is 14.7 Å². The fourth-order valence-electron chi connectivity index (χ4n) is 3.33. The number of sulfonamides is 1. The molecule has 0 saturated carbocycles. The van der Waals surface area contributed by atoms with Gasteiger partial charge in [0.05, 0.1) is 16.6 Å². The summed E-state index contributed by atoms with van der Waals surface area (Å²) in [5, 5.41) is 6.77. The third-order valence-corrected chi connectivity index (χ3v) is 6.01. The zero-order chi connectivity index (χ0) is 18.9. The number of anilines is 1. The number of likely N-dealkylation sites (tertiary alicyclic amines) is 1. The summed E-state index contributed by atoms with van der Waals surface area (Å²) in [7, 11) is -2.22. The molecule has 140 valence electrons. The molecule has 2 N–H and O–H groups in total. The zero-order valence-electron chi connectivity index (χ0n) is 14.9. The Hall–Kier alpha value is -2.39. The SMILES string of the molecule is CNS(=O)(=O)c1cccc(NC(=O)N2CCC[C@H]2c2c(C)noc2C)c1. The van der Waals surface area contributed by atoms with Gasteiger partial charge in [0.2, 0.25) is 10.0 Å². The molecule has 1 atom stereocenters. The first-order valence-corrected chi connectivity index (χ1v) is 9.86. The fraction of sp³-hybridized carbons (Fsp3) is 0.412. The van der Waals surface area contributed by atoms with Crippen LogP contribution in [-0.2, 0) is 10.0 Å². The van der Waals surface area contributed by atoms with E-state index in [1.54, 1.807) is 17.0 Å². The largest absolute Gasteiger partial charge is 0.361 e. The predicted molar refractivity (Wildman–Crippen MR) is 96.4 cm³/mol. The normalized spacial score (nSPS) is 17.5. The summed E-state index contributed by atoms with van der Waals surface area (Å²) in [4.78, 5) is 14.6. The standard InChI is InChI=1S/C17H22N4O4S/c1-11-16(12(2)25-20-11)15-8-5-9-21(15)17(22)19-13-6-4-7-14(10-13)26(23,24)18-3/h4,6-7,10,15,18H,5,8-9H2,1-3H3,(H,19,22)/t15-/m0/s1. The molecule has 1 aliphatic heterocycles. The smallest absolute Gasteiger partial charge is 0.322 e. The van der Waals surface area contributed by atoms with E-state index in [-0.39, 0.29) is 17.0 Å². The first-order valence-electron chi connectivity index (χ1n) is 8.37. The molecule has 0 radical (unpaired) electrons. The molecule has 8 nitrogen and oxygen atoms in total. The first-order chi connectivity index (χ1) is 12.3. The quantitative estimate of drug-likeness (QED) is 0.851. The number of aromatic nitrogens is 1. The Morgan fingerprint density at radius 3 is 2.77 bits per heavy atom. The number of rotatable bonds is 4. The van der Waals surface area contributed by atoms with Crippen molar-refractivity contribution in [1.82, 2.24) is 14.8 Å². The summed E-state index contributed by atoms with van der Waals surface area (Å²) in [5.41, 5.74) is 2.16. The maximum atomic E-state index is 12.8. The van der Waals surface area contributed by atoms with Crippen LogP contribution in [0.15, 0.2) is 33.7 Å². The lowest BCUT2D eigenvalue weighted by Gasteiger charge is -2.25. The molecule has 1 aromatic heterocycles. The van der Waals surface area contributed by atoms with Gasteiger partial charge in [0.1, 0.15) is 5.76 Å². The number of aryl methyl sites for hydroxylation is 2. The van der Waals surface area contributed by atoms with E-state index in [1.807, 2.05) is 13.8 Å². The number of nitrogens with zero attached hydrogens (tertiary/aromatic N) is 2. The maximum absolute atomic E-state index is 12.8. The van der Waals surface area contributed by atoms with Crippen LogP contribution < -0.4 is 10.0 Å². The van der Waals surface area contributed by atoms with Crippen molar-refractivity contribution >= 4 is 21.7 Å². The second-order valence-corrected chi connectivity index (χ2v) is 8.14. The van der Waals surface area contributed by atoms with Crippen LogP contribution in [0.3, 0.4) is 0 Å². The Morgan fingerprint density at radius 2 is 2.12 bits per heavy atom. The average Bonchev–Trinajstić information content (AvgIpc) is 3.21. The Kier molecular flexibility index (Phi) is 5.01. The molecule has 0 spiro atoms. The molecule has 9 heteroatoms. The van der Waals surface area contributed by atoms with Crippen molar-refractivity contribution in [2.24, 2.45) is 0 Å². The number of carbonyl (C=O) groups is 1. The van der Waals surface area contributed by atoms with Crippen molar-refractivity contribution in [3.05, 3.63) is 41.3 Å². The van der Waals surface area contributed by atoms with Gasteiger partial charge >= 0.3 is 6.03 Å². The average molecular weight is 378 g/mol. The number of urea groups is 1. The van der Waals surface area contributed by atoms with Gasteiger partial charge in [0.15, 0.2) is 0 Å². The number of benzene rings is 1. The topological polar surface area (TPSA) is 105 Å². The Balaban J connectivity index is 1.81. The van der Waals surface area contributed by atoms with Crippen LogP contribution in [0, 0.1) is 13.8 Å². The van der Waals surface area contributed by atoms with E-state index in [9.17, 15) is 13.2 Å². The van der Waals surface area contributed by atoms with Crippen molar-refractivity contribution in [1.29, 1.82) is 0 Å². The highest BCUT2D eigenvalue weighted by atomic mass is 32.2. The Bertz CT molecular complexity index is 903. The lowest BCUT2D eigenvalue weighted by atomic mass is 10.0. The molecule has 2 amide bonds. The van der Waals surface area contributed by atoms with Gasteiger partial charge in [-0.15, -0.1) is 0 Å². The van der Waals surface area contributed by atoms with Crippen molar-refractivity contribution in [2.45, 2.75) is 37.6 Å². The molecule has 1 saturated heterocycles. The zero-order valence-corrected chi connectivity index (χ0v) is 15.8. The molecule has 2 aromatic rings. The van der Waals surface area contributed by atoms with E-state index in [0.717, 1.165) is 24.1 Å². The van der Waals surface area contributed by atoms with E-state index in [4.69, 9.17) is 4.52 Å². The first kappa shape index (κ1) is 18.4. The Labute approximate surface area is 152 Å². The minimum Gasteiger partial charge on any atom is -0.361 e. The van der Waals surface area contributed by atoms with Gasteiger partial charge in [-0.05, 0) is 51.9 Å². The number of hydrogen-bond donors (Lipinski definition) is 2. The summed E-state index contributed by atoms with van der Waals surface area (Å²) >= 11 is 0. The molecule has 2 heterocycles. The highest BCUT2D eigenvalue weighted by molar-refractivity contribution is 7.89. The molecule has 0 bridgehead atoms. The van der Waals surface area contributed by atoms with E-state index in [1.165, 1.54) is 19.2 Å². The summed E-state index contributed by atoms with van der Waals surface area (Å²) in [6.07, 6.45) is 1.72. The molecular formula is C17H22N4O4S. The van der Waals surface area contributed by atoms with Crippen LogP contribution in [0.2, 0.25) is 0 Å². The highest BCUT2D eigenvalue weighted by Gasteiger charge is 2.34. The summed E-state index contributed by atoms with van der Waals surface area (Å²) in [5.74, 6) is 0.717. The summed E-state index contributed by atoms with van der Waals surface area (Å²) < 4.78 is 31.4. The van der Waals surface area contributed by atoms with Crippen molar-refractivity contribution in [2.75, 3.05) is 18.9 Å². The number of hydrogen-bond acceptors (Lipinski definition) is 5. The van der Waals surface area contributed by atoms with Gasteiger partial charge in [0.25, 0.3) is 0 Å². The van der Waals surface area contributed by atoms with Crippen LogP contribution in [0.4, 0.5) is 10.5 Å². The lowest BCUT2D eigenvalue weighted by molar-refractivity contribution is 0.206. The van der Waals surface area contributed by atoms with Gasteiger partial charge in [-0.1, -0.05) is 11.2 Å². The Morgan fingerprint density at radius 1 is 1.35 bits per heavy atom. The van der Waals surface area contributed by atoms with Gasteiger partial charge in [-0.2, -0.15) is 0 Å². The van der Waals surface area contributed by atoms with Gasteiger partial charge in [-0.3, -0.25) is 0 Å². The van der Waals surface area contributed by atoms with Crippen molar-refractivity contribution < 1.29 is 17.7 Å². The predicted octanol–water partition coefficient (Wildman–Crippen LogP) is 2.57. The minimum absolute atomic E-state index is 0.0922. The highest BCUT2D eigenvalue weighted by Crippen LogP contribution is 2.35. The number of nitrogens with one attached hydrogen (secondary N) is 2. The number of carbonyl (C=O) groups excluding carboxylic acids is 1. The van der Waals surface area contributed by atoms with E-state index in [0.29, 0.717) is 18.0 Å². The second kappa shape index (κ2) is 7.08. The summed E-state index contributed by atoms with van der Waals surface area (Å²) in [6.45, 7) is 4.33. The second-order valence-electron chi connectivity index (χ2n) is 6.25. The van der Waals surface area contributed by atoms with Crippen molar-refractivity contribution in [3.8, 4) is 0 Å². The van der Waals surface area contributed by atoms with Gasteiger partial charge in [-0.25, -0.2) is 17.9 Å². The van der Waals surface area contributed by atoms with Crippen LogP contribution in [0.5, 0.6) is 0 Å². The number of amides is 2.